The maximum absolute atomic E-state index is 3.66. The lowest BCUT2D eigenvalue weighted by molar-refractivity contribution is 0.476. The molecule has 14 heavy (non-hydrogen) atoms. The van der Waals surface area contributed by atoms with Crippen LogP contribution in [-0.4, -0.2) is 6.54 Å². The monoisotopic (exact) mass is 253 g/mol. The van der Waals surface area contributed by atoms with Crippen LogP contribution in [0, 0.1) is 0 Å². The molecule has 0 unspecified atom stereocenters. The van der Waals surface area contributed by atoms with E-state index in [1.54, 1.807) is 0 Å². The second-order valence-electron chi connectivity index (χ2n) is 4.58. The quantitative estimate of drug-likeness (QED) is 0.749. The highest BCUT2D eigenvalue weighted by Crippen LogP contribution is 2.36. The lowest BCUT2D eigenvalue weighted by atomic mass is 9.80. The van der Waals surface area contributed by atoms with E-state index < -0.39 is 0 Å². The molecule has 1 aliphatic heterocycles. The Bertz CT molecular complexity index is 344. The molecule has 76 valence electrons. The van der Waals surface area contributed by atoms with Gasteiger partial charge in [-0.3, -0.25) is 0 Å². The van der Waals surface area contributed by atoms with Crippen molar-refractivity contribution in [3.05, 3.63) is 33.8 Å². The molecule has 0 aromatic heterocycles. The average Bonchev–Trinajstić information content (AvgIpc) is 2.25. The van der Waals surface area contributed by atoms with Crippen LogP contribution in [0.2, 0.25) is 0 Å². The minimum atomic E-state index is 0.277. The molecule has 1 aliphatic rings. The van der Waals surface area contributed by atoms with Crippen LogP contribution in [-0.2, 0) is 12.0 Å². The van der Waals surface area contributed by atoms with Gasteiger partial charge in [0.2, 0.25) is 0 Å². The molecule has 0 saturated carbocycles. The van der Waals surface area contributed by atoms with Crippen molar-refractivity contribution in [3.8, 4) is 0 Å². The summed E-state index contributed by atoms with van der Waals surface area (Å²) in [6.45, 7) is 6.75. The van der Waals surface area contributed by atoms with Crippen molar-refractivity contribution in [2.45, 2.75) is 32.2 Å². The molecule has 1 heterocycles. The summed E-state index contributed by atoms with van der Waals surface area (Å²) in [4.78, 5) is 0. The van der Waals surface area contributed by atoms with Gasteiger partial charge in [0.25, 0.3) is 0 Å². The summed E-state index contributed by atoms with van der Waals surface area (Å²) < 4.78 is 1.25. The number of benzene rings is 1. The molecule has 0 bridgehead atoms. The first-order valence-electron chi connectivity index (χ1n) is 5.10. The first kappa shape index (κ1) is 10.2. The first-order chi connectivity index (χ1) is 6.61. The Hall–Kier alpha value is -0.340. The normalized spacial score (nSPS) is 19.9. The zero-order chi connectivity index (χ0) is 10.2. The van der Waals surface area contributed by atoms with Crippen LogP contribution >= 0.6 is 15.9 Å². The first-order valence-corrected chi connectivity index (χ1v) is 5.89. The van der Waals surface area contributed by atoms with Gasteiger partial charge in [-0.1, -0.05) is 41.9 Å². The van der Waals surface area contributed by atoms with Gasteiger partial charge in [-0.25, -0.2) is 0 Å². The number of rotatable bonds is 0. The Kier molecular flexibility index (Phi) is 2.67. The summed E-state index contributed by atoms with van der Waals surface area (Å²) >= 11 is 3.66. The SMILES string of the molecule is CC1(C)CCNCc2cccc(Br)c21. The Labute approximate surface area is 94.0 Å². The number of halogens is 1. The lowest BCUT2D eigenvalue weighted by Gasteiger charge is -2.26. The Balaban J connectivity index is 2.58. The highest BCUT2D eigenvalue weighted by Gasteiger charge is 2.27. The van der Waals surface area contributed by atoms with Gasteiger partial charge in [-0.2, -0.15) is 0 Å². The molecule has 1 aromatic carbocycles. The van der Waals surface area contributed by atoms with E-state index in [4.69, 9.17) is 0 Å². The molecule has 0 saturated heterocycles. The van der Waals surface area contributed by atoms with Gasteiger partial charge >= 0.3 is 0 Å². The number of hydrogen-bond donors (Lipinski definition) is 1. The third-order valence-corrected chi connectivity index (χ3v) is 3.68. The molecule has 1 nitrogen and oxygen atoms in total. The molecule has 0 amide bonds. The van der Waals surface area contributed by atoms with Crippen LogP contribution < -0.4 is 5.32 Å². The van der Waals surface area contributed by atoms with Crippen LogP contribution in [0.4, 0.5) is 0 Å². The van der Waals surface area contributed by atoms with Crippen molar-refractivity contribution >= 4 is 15.9 Å². The summed E-state index contributed by atoms with van der Waals surface area (Å²) in [7, 11) is 0. The van der Waals surface area contributed by atoms with Crippen LogP contribution in [0.3, 0.4) is 0 Å². The van der Waals surface area contributed by atoms with E-state index in [9.17, 15) is 0 Å². The van der Waals surface area contributed by atoms with Crippen LogP contribution in [0.25, 0.3) is 0 Å². The van der Waals surface area contributed by atoms with Gasteiger partial charge in [0.05, 0.1) is 0 Å². The number of nitrogens with one attached hydrogen (secondary N) is 1. The minimum absolute atomic E-state index is 0.277. The molecule has 1 aromatic rings. The largest absolute Gasteiger partial charge is 0.313 e. The highest BCUT2D eigenvalue weighted by atomic mass is 79.9. The van der Waals surface area contributed by atoms with Crippen molar-refractivity contribution in [2.24, 2.45) is 0 Å². The van der Waals surface area contributed by atoms with E-state index >= 15 is 0 Å². The van der Waals surface area contributed by atoms with E-state index in [0.29, 0.717) is 0 Å². The van der Waals surface area contributed by atoms with Crippen molar-refractivity contribution in [2.75, 3.05) is 6.54 Å². The van der Waals surface area contributed by atoms with E-state index in [0.717, 1.165) is 13.1 Å². The Morgan fingerprint density at radius 1 is 1.36 bits per heavy atom. The predicted molar refractivity (Wildman–Crippen MR) is 63.5 cm³/mol. The second-order valence-corrected chi connectivity index (χ2v) is 5.44. The average molecular weight is 254 g/mol. The molecule has 0 atom stereocenters. The van der Waals surface area contributed by atoms with Crippen LogP contribution in [0.15, 0.2) is 22.7 Å². The van der Waals surface area contributed by atoms with Gasteiger partial charge in [-0.15, -0.1) is 0 Å². The minimum Gasteiger partial charge on any atom is -0.313 e. The lowest BCUT2D eigenvalue weighted by Crippen LogP contribution is -2.20. The molecular formula is C12H16BrN. The predicted octanol–water partition coefficient (Wildman–Crippen LogP) is 3.22. The zero-order valence-electron chi connectivity index (χ0n) is 8.73. The summed E-state index contributed by atoms with van der Waals surface area (Å²) in [5, 5.41) is 3.47. The van der Waals surface area contributed by atoms with Crippen LogP contribution in [0.1, 0.15) is 31.4 Å². The van der Waals surface area contributed by atoms with Gasteiger partial charge in [0.1, 0.15) is 0 Å². The fourth-order valence-corrected chi connectivity index (χ4v) is 3.17. The molecule has 0 spiro atoms. The van der Waals surface area contributed by atoms with Crippen molar-refractivity contribution in [1.82, 2.24) is 5.32 Å². The second kappa shape index (κ2) is 3.67. The maximum Gasteiger partial charge on any atom is 0.0215 e. The topological polar surface area (TPSA) is 12.0 Å². The standard InChI is InChI=1S/C12H16BrN/c1-12(2)6-7-14-8-9-4-3-5-10(13)11(9)12/h3-5,14H,6-8H2,1-2H3. The van der Waals surface area contributed by atoms with E-state index in [2.05, 4.69) is 53.3 Å². The molecule has 0 radical (unpaired) electrons. The van der Waals surface area contributed by atoms with Crippen molar-refractivity contribution in [3.63, 3.8) is 0 Å². The Morgan fingerprint density at radius 3 is 2.93 bits per heavy atom. The van der Waals surface area contributed by atoms with Gasteiger partial charge in [0.15, 0.2) is 0 Å². The molecule has 2 rings (SSSR count). The number of fused-ring (bicyclic) bond motifs is 1. The third-order valence-electron chi connectivity index (χ3n) is 3.02. The molecular weight excluding hydrogens is 238 g/mol. The molecule has 0 fully saturated rings. The third kappa shape index (κ3) is 1.73. The van der Waals surface area contributed by atoms with E-state index in [1.807, 2.05) is 0 Å². The zero-order valence-corrected chi connectivity index (χ0v) is 10.3. The van der Waals surface area contributed by atoms with Crippen molar-refractivity contribution < 1.29 is 0 Å². The summed E-state index contributed by atoms with van der Waals surface area (Å²) in [6.07, 6.45) is 1.20. The summed E-state index contributed by atoms with van der Waals surface area (Å²) in [6, 6.07) is 6.48. The maximum atomic E-state index is 3.66. The summed E-state index contributed by atoms with van der Waals surface area (Å²) in [5.41, 5.74) is 3.19. The fourth-order valence-electron chi connectivity index (χ4n) is 2.22. The number of hydrogen-bond acceptors (Lipinski definition) is 1. The molecule has 0 aliphatic carbocycles. The Morgan fingerprint density at radius 2 is 2.14 bits per heavy atom. The highest BCUT2D eigenvalue weighted by molar-refractivity contribution is 9.10. The smallest absolute Gasteiger partial charge is 0.0215 e. The fraction of sp³-hybridized carbons (Fsp3) is 0.500. The molecule has 1 N–H and O–H groups in total. The van der Waals surface area contributed by atoms with Gasteiger partial charge in [0, 0.05) is 11.0 Å². The van der Waals surface area contributed by atoms with Crippen molar-refractivity contribution in [1.29, 1.82) is 0 Å². The molecule has 2 heteroatoms. The van der Waals surface area contributed by atoms with E-state index in [1.165, 1.54) is 22.0 Å². The van der Waals surface area contributed by atoms with Gasteiger partial charge in [-0.05, 0) is 35.6 Å². The summed E-state index contributed by atoms with van der Waals surface area (Å²) in [5.74, 6) is 0. The van der Waals surface area contributed by atoms with Gasteiger partial charge < -0.3 is 5.32 Å². The van der Waals surface area contributed by atoms with Crippen LogP contribution in [0.5, 0.6) is 0 Å². The van der Waals surface area contributed by atoms with E-state index in [-0.39, 0.29) is 5.41 Å².